The molecule has 90 valence electrons. The van der Waals surface area contributed by atoms with Gasteiger partial charge in [0, 0.05) is 22.5 Å². The molecule has 6 heteroatoms. The first-order valence-electron chi connectivity index (χ1n) is 4.78. The van der Waals surface area contributed by atoms with Crippen molar-refractivity contribution in [1.29, 1.82) is 0 Å². The summed E-state index contributed by atoms with van der Waals surface area (Å²) in [6.45, 7) is 5.46. The van der Waals surface area contributed by atoms with Gasteiger partial charge in [0.25, 0.3) is 5.56 Å². The van der Waals surface area contributed by atoms with Crippen molar-refractivity contribution in [2.75, 3.05) is 6.26 Å². The Morgan fingerprint density at radius 3 is 2.25 bits per heavy atom. The highest BCUT2D eigenvalue weighted by molar-refractivity contribution is 9.10. The number of rotatable bonds is 2. The normalized spacial score (nSPS) is 12.1. The van der Waals surface area contributed by atoms with E-state index in [4.69, 9.17) is 0 Å². The van der Waals surface area contributed by atoms with E-state index in [-0.39, 0.29) is 10.9 Å². The lowest BCUT2D eigenvalue weighted by molar-refractivity contribution is 0.546. The van der Waals surface area contributed by atoms with Crippen molar-refractivity contribution in [3.8, 4) is 0 Å². The van der Waals surface area contributed by atoms with Crippen LogP contribution in [0.2, 0.25) is 0 Å². The molecule has 1 heterocycles. The van der Waals surface area contributed by atoms with Gasteiger partial charge in [-0.25, -0.2) is 8.42 Å². The zero-order valence-electron chi connectivity index (χ0n) is 9.61. The van der Waals surface area contributed by atoms with E-state index in [1.54, 1.807) is 13.0 Å². The van der Waals surface area contributed by atoms with Crippen LogP contribution in [0.15, 0.2) is 20.2 Å². The molecule has 16 heavy (non-hydrogen) atoms. The lowest BCUT2D eigenvalue weighted by Gasteiger charge is -2.16. The van der Waals surface area contributed by atoms with E-state index in [0.717, 1.165) is 11.9 Å². The number of aryl methyl sites for hydroxylation is 1. The van der Waals surface area contributed by atoms with Gasteiger partial charge in [-0.15, -0.1) is 0 Å². The van der Waals surface area contributed by atoms with Crippen LogP contribution in [-0.4, -0.2) is 19.2 Å². The second-order valence-corrected chi connectivity index (χ2v) is 6.81. The Hall–Kier alpha value is -0.620. The van der Waals surface area contributed by atoms with Crippen LogP contribution in [-0.2, 0) is 9.84 Å². The zero-order valence-corrected chi connectivity index (χ0v) is 12.0. The van der Waals surface area contributed by atoms with Gasteiger partial charge in [-0.2, -0.15) is 0 Å². The van der Waals surface area contributed by atoms with Crippen molar-refractivity contribution in [2.45, 2.75) is 31.7 Å². The minimum absolute atomic E-state index is 0.0684. The van der Waals surface area contributed by atoms with Crippen LogP contribution in [0.3, 0.4) is 0 Å². The van der Waals surface area contributed by atoms with Crippen LogP contribution in [0.25, 0.3) is 0 Å². The first-order valence-corrected chi connectivity index (χ1v) is 7.46. The summed E-state index contributed by atoms with van der Waals surface area (Å²) < 4.78 is 24.8. The van der Waals surface area contributed by atoms with Gasteiger partial charge >= 0.3 is 0 Å². The maximum absolute atomic E-state index is 12.1. The van der Waals surface area contributed by atoms with Gasteiger partial charge in [0.05, 0.1) is 0 Å². The molecule has 0 saturated carbocycles. The SMILES string of the molecule is Cc1cc(Br)c(S(C)(=O)=O)c(=O)n1C(C)C. The summed E-state index contributed by atoms with van der Waals surface area (Å²) in [5, 5.41) is 0. The highest BCUT2D eigenvalue weighted by atomic mass is 79.9. The van der Waals surface area contributed by atoms with Crippen molar-refractivity contribution in [1.82, 2.24) is 4.57 Å². The molecule has 0 saturated heterocycles. The van der Waals surface area contributed by atoms with E-state index < -0.39 is 15.4 Å². The van der Waals surface area contributed by atoms with Crippen LogP contribution >= 0.6 is 15.9 Å². The molecule has 0 N–H and O–H groups in total. The predicted molar refractivity (Wildman–Crippen MR) is 66.6 cm³/mol. The molecule has 0 aliphatic heterocycles. The molecule has 0 radical (unpaired) electrons. The summed E-state index contributed by atoms with van der Waals surface area (Å²) in [5.74, 6) is 0. The highest BCUT2D eigenvalue weighted by Gasteiger charge is 2.20. The van der Waals surface area contributed by atoms with Crippen LogP contribution < -0.4 is 5.56 Å². The smallest absolute Gasteiger partial charge is 0.270 e. The molecular weight excluding hydrogens is 294 g/mol. The van der Waals surface area contributed by atoms with Crippen LogP contribution in [0.5, 0.6) is 0 Å². The number of aromatic nitrogens is 1. The molecule has 0 bridgehead atoms. The fourth-order valence-corrected chi connectivity index (χ4v) is 3.88. The fourth-order valence-electron chi connectivity index (χ4n) is 1.67. The van der Waals surface area contributed by atoms with Gasteiger partial charge in [-0.1, -0.05) is 0 Å². The standard InChI is InChI=1S/C10H14BrNO3S/c1-6(2)12-7(3)5-8(11)9(10(12)13)16(4,14)15/h5-6H,1-4H3. The molecule has 4 nitrogen and oxygen atoms in total. The van der Waals surface area contributed by atoms with Gasteiger partial charge in [0.15, 0.2) is 9.84 Å². The second kappa shape index (κ2) is 4.33. The Morgan fingerprint density at radius 1 is 1.38 bits per heavy atom. The Balaban J connectivity index is 3.80. The quantitative estimate of drug-likeness (QED) is 0.838. The minimum Gasteiger partial charge on any atom is -0.309 e. The van der Waals surface area contributed by atoms with Crippen molar-refractivity contribution in [3.63, 3.8) is 0 Å². The highest BCUT2D eigenvalue weighted by Crippen LogP contribution is 2.20. The maximum Gasteiger partial charge on any atom is 0.270 e. The fraction of sp³-hybridized carbons (Fsp3) is 0.500. The summed E-state index contributed by atoms with van der Waals surface area (Å²) in [7, 11) is -3.52. The number of halogens is 1. The van der Waals surface area contributed by atoms with Gasteiger partial charge in [-0.05, 0) is 42.8 Å². The molecular formula is C10H14BrNO3S. The van der Waals surface area contributed by atoms with E-state index >= 15 is 0 Å². The lowest BCUT2D eigenvalue weighted by atomic mass is 10.3. The topological polar surface area (TPSA) is 56.1 Å². The Morgan fingerprint density at radius 2 is 1.88 bits per heavy atom. The maximum atomic E-state index is 12.1. The molecule has 0 aliphatic rings. The first kappa shape index (κ1) is 13.4. The number of hydrogen-bond acceptors (Lipinski definition) is 3. The van der Waals surface area contributed by atoms with Crippen molar-refractivity contribution in [2.24, 2.45) is 0 Å². The molecule has 0 aromatic carbocycles. The summed E-state index contributed by atoms with van der Waals surface area (Å²) in [4.78, 5) is 11.9. The molecule has 0 atom stereocenters. The number of nitrogens with zero attached hydrogens (tertiary/aromatic N) is 1. The van der Waals surface area contributed by atoms with E-state index in [0.29, 0.717) is 4.47 Å². The third kappa shape index (κ3) is 2.38. The number of pyridine rings is 1. The van der Waals surface area contributed by atoms with Crippen molar-refractivity contribution in [3.05, 3.63) is 26.6 Å². The molecule has 0 fully saturated rings. The third-order valence-electron chi connectivity index (χ3n) is 2.23. The van der Waals surface area contributed by atoms with Gasteiger partial charge in [0.2, 0.25) is 0 Å². The first-order chi connectivity index (χ1) is 7.16. The van der Waals surface area contributed by atoms with Gasteiger partial charge < -0.3 is 4.57 Å². The number of hydrogen-bond donors (Lipinski definition) is 0. The van der Waals surface area contributed by atoms with Crippen LogP contribution in [0, 0.1) is 6.92 Å². The Labute approximate surface area is 103 Å². The molecule has 0 spiro atoms. The van der Waals surface area contributed by atoms with Crippen LogP contribution in [0.1, 0.15) is 25.6 Å². The lowest BCUT2D eigenvalue weighted by Crippen LogP contribution is -2.29. The average Bonchev–Trinajstić information content (AvgIpc) is 1.97. The number of sulfone groups is 1. The average molecular weight is 308 g/mol. The van der Waals surface area contributed by atoms with E-state index in [9.17, 15) is 13.2 Å². The van der Waals surface area contributed by atoms with Crippen LogP contribution in [0.4, 0.5) is 0 Å². The zero-order chi connectivity index (χ0) is 12.7. The van der Waals surface area contributed by atoms with Gasteiger partial charge in [0.1, 0.15) is 4.90 Å². The third-order valence-corrected chi connectivity index (χ3v) is 4.26. The molecule has 0 amide bonds. The second-order valence-electron chi connectivity index (χ2n) is 4.00. The largest absolute Gasteiger partial charge is 0.309 e. The molecule has 1 aromatic rings. The van der Waals surface area contributed by atoms with Crippen molar-refractivity contribution >= 4 is 25.8 Å². The summed E-state index contributed by atoms with van der Waals surface area (Å²) in [6, 6.07) is 1.58. The summed E-state index contributed by atoms with van der Waals surface area (Å²) >= 11 is 3.12. The van der Waals surface area contributed by atoms with E-state index in [1.807, 2.05) is 13.8 Å². The monoisotopic (exact) mass is 307 g/mol. The van der Waals surface area contributed by atoms with E-state index in [2.05, 4.69) is 15.9 Å². The Bertz CT molecular complexity index is 572. The summed E-state index contributed by atoms with van der Waals surface area (Å²) in [6.07, 6.45) is 1.04. The molecule has 1 aromatic heterocycles. The van der Waals surface area contributed by atoms with Crippen molar-refractivity contribution < 1.29 is 8.42 Å². The van der Waals surface area contributed by atoms with E-state index in [1.165, 1.54) is 4.57 Å². The Kier molecular flexibility index (Phi) is 3.64. The molecule has 0 aliphatic carbocycles. The molecule has 0 unspecified atom stereocenters. The molecule has 1 rings (SSSR count). The van der Waals surface area contributed by atoms with Gasteiger partial charge in [-0.3, -0.25) is 4.79 Å². The minimum atomic E-state index is -3.52. The summed E-state index contributed by atoms with van der Waals surface area (Å²) in [5.41, 5.74) is 0.267. The predicted octanol–water partition coefficient (Wildman–Crippen LogP) is 1.90.